The molecule has 2 saturated heterocycles. The number of hydrogen-bond acceptors (Lipinski definition) is 5. The van der Waals surface area contributed by atoms with Crippen molar-refractivity contribution in [3.05, 3.63) is 70.2 Å². The Labute approximate surface area is 210 Å². The highest BCUT2D eigenvalue weighted by atomic mass is 35.5. The number of carbonyl (C=O) groups excluding carboxylic acids is 1. The fourth-order valence-electron chi connectivity index (χ4n) is 3.93. The molecular formula is C23H24Cl2N4O2S2. The Hall–Kier alpha value is -1.97. The van der Waals surface area contributed by atoms with Crippen LogP contribution in [0.5, 0.6) is 0 Å². The van der Waals surface area contributed by atoms with E-state index in [1.807, 2.05) is 40.6 Å². The van der Waals surface area contributed by atoms with E-state index >= 15 is 0 Å². The number of hydrogen-bond donors (Lipinski definition) is 1. The Morgan fingerprint density at radius 3 is 2.30 bits per heavy atom. The highest BCUT2D eigenvalue weighted by Gasteiger charge is 2.37. The average Bonchev–Trinajstić information content (AvgIpc) is 3.57. The molecule has 2 fully saturated rings. The van der Waals surface area contributed by atoms with Crippen LogP contribution < -0.4 is 9.62 Å². The molecule has 174 valence electrons. The van der Waals surface area contributed by atoms with E-state index in [0.29, 0.717) is 20.1 Å². The number of nitrogens with zero attached hydrogens (tertiary/aromatic N) is 3. The van der Waals surface area contributed by atoms with E-state index in [2.05, 4.69) is 14.6 Å². The third-order valence-electron chi connectivity index (χ3n) is 5.52. The van der Waals surface area contributed by atoms with E-state index in [1.54, 1.807) is 24.4 Å². The zero-order chi connectivity index (χ0) is 23.2. The van der Waals surface area contributed by atoms with Crippen LogP contribution in [0, 0.1) is 0 Å². The van der Waals surface area contributed by atoms with Gasteiger partial charge in [0.25, 0.3) is 0 Å². The Morgan fingerprint density at radius 2 is 1.73 bits per heavy atom. The second kappa shape index (κ2) is 11.4. The number of thiazole rings is 1. The molecule has 10 heteroatoms. The molecule has 1 aromatic heterocycles. The summed E-state index contributed by atoms with van der Waals surface area (Å²) in [7, 11) is -1.35. The third kappa shape index (κ3) is 6.33. The molecule has 0 spiro atoms. The largest absolute Gasteiger partial charge is 0.311 e. The molecule has 6 nitrogen and oxygen atoms in total. The van der Waals surface area contributed by atoms with Crippen LogP contribution in [0.1, 0.15) is 19.3 Å². The maximum atomic E-state index is 12.7. The lowest BCUT2D eigenvalue weighted by Crippen LogP contribution is -2.40. The first-order valence-corrected chi connectivity index (χ1v) is 13.4. The number of amides is 1. The predicted molar refractivity (Wildman–Crippen MR) is 137 cm³/mol. The number of halogens is 2. The van der Waals surface area contributed by atoms with Gasteiger partial charge in [-0.15, -0.1) is 11.3 Å². The molecular weight excluding hydrogens is 499 g/mol. The van der Waals surface area contributed by atoms with Gasteiger partial charge in [0.2, 0.25) is 5.91 Å². The minimum absolute atomic E-state index is 0.0304. The molecule has 33 heavy (non-hydrogen) atoms. The van der Waals surface area contributed by atoms with Crippen molar-refractivity contribution >= 4 is 62.3 Å². The molecule has 1 N–H and O–H groups in total. The summed E-state index contributed by atoms with van der Waals surface area (Å²) >= 11 is 12.5. The third-order valence-corrected chi connectivity index (χ3v) is 7.89. The molecule has 2 unspecified atom stereocenters. The summed E-state index contributed by atoms with van der Waals surface area (Å²) in [4.78, 5) is 21.6. The zero-order valence-corrected chi connectivity index (χ0v) is 21.0. The zero-order valence-electron chi connectivity index (χ0n) is 17.8. The van der Waals surface area contributed by atoms with E-state index in [1.165, 1.54) is 24.2 Å². The van der Waals surface area contributed by atoms with Crippen molar-refractivity contribution in [3.63, 3.8) is 0 Å². The van der Waals surface area contributed by atoms with Crippen LogP contribution in [0.4, 0.5) is 10.8 Å². The fourth-order valence-corrected chi connectivity index (χ4v) is 5.88. The molecule has 2 aliphatic rings. The quantitative estimate of drug-likeness (QED) is 0.482. The first kappa shape index (κ1) is 24.2. The van der Waals surface area contributed by atoms with Gasteiger partial charge in [0.15, 0.2) is 16.1 Å². The van der Waals surface area contributed by atoms with E-state index < -0.39 is 11.0 Å². The van der Waals surface area contributed by atoms with Crippen LogP contribution in [0.2, 0.25) is 10.0 Å². The first-order valence-electron chi connectivity index (χ1n) is 10.7. The summed E-state index contributed by atoms with van der Waals surface area (Å²) in [5.74, 6) is 0.191. The minimum Gasteiger partial charge on any atom is -0.311 e. The maximum Gasteiger partial charge on any atom is 0.244 e. The minimum atomic E-state index is -1.35. The van der Waals surface area contributed by atoms with E-state index in [-0.39, 0.29) is 11.9 Å². The Bertz CT molecular complexity index is 1070. The van der Waals surface area contributed by atoms with Crippen LogP contribution in [-0.4, -0.2) is 45.7 Å². The lowest BCUT2D eigenvalue weighted by molar-refractivity contribution is -0.121. The van der Waals surface area contributed by atoms with Gasteiger partial charge in [-0.2, -0.15) is 0 Å². The van der Waals surface area contributed by atoms with E-state index in [0.717, 1.165) is 31.7 Å². The molecule has 0 radical (unpaired) electrons. The van der Waals surface area contributed by atoms with Gasteiger partial charge in [-0.1, -0.05) is 29.3 Å². The molecule has 3 aromatic rings. The number of likely N-dealkylation sites (tertiary alicyclic amines) is 1. The normalized spacial score (nSPS) is 19.3. The molecule has 1 amide bonds. The first-order chi connectivity index (χ1) is 16.0. The predicted octanol–water partition coefficient (Wildman–Crippen LogP) is 5.47. The topological polar surface area (TPSA) is 65.5 Å². The van der Waals surface area contributed by atoms with Crippen molar-refractivity contribution in [2.75, 3.05) is 29.3 Å². The smallest absolute Gasteiger partial charge is 0.244 e. The number of carbonyl (C=O) groups is 1. The number of rotatable bonds is 5. The fraction of sp³-hybridized carbons (Fsp3) is 0.304. The lowest BCUT2D eigenvalue weighted by Gasteiger charge is -2.22. The Balaban J connectivity index is 0.000000275. The van der Waals surface area contributed by atoms with Crippen molar-refractivity contribution in [3.8, 4) is 0 Å². The molecule has 0 saturated carbocycles. The van der Waals surface area contributed by atoms with Crippen LogP contribution in [0.15, 0.2) is 65.0 Å². The van der Waals surface area contributed by atoms with Gasteiger partial charge < -0.3 is 4.90 Å². The number of anilines is 2. The average molecular weight is 524 g/mol. The van der Waals surface area contributed by atoms with Crippen molar-refractivity contribution in [2.24, 2.45) is 0 Å². The van der Waals surface area contributed by atoms with E-state index in [9.17, 15) is 9.00 Å². The van der Waals surface area contributed by atoms with Crippen LogP contribution in [0.25, 0.3) is 0 Å². The highest BCUT2D eigenvalue weighted by molar-refractivity contribution is 7.86. The van der Waals surface area contributed by atoms with Crippen molar-refractivity contribution < 1.29 is 9.00 Å². The summed E-state index contributed by atoms with van der Waals surface area (Å²) in [6, 6.07) is 14.5. The summed E-state index contributed by atoms with van der Waals surface area (Å²) in [6.07, 6.45) is 4.94. The van der Waals surface area contributed by atoms with Gasteiger partial charge in [0.05, 0.1) is 10.9 Å². The number of nitrogens with one attached hydrogen (secondary N) is 1. The van der Waals surface area contributed by atoms with Gasteiger partial charge in [-0.05, 0) is 74.8 Å². The molecule has 0 aliphatic carbocycles. The second-order valence-electron chi connectivity index (χ2n) is 7.68. The summed E-state index contributed by atoms with van der Waals surface area (Å²) in [5.41, 5.74) is 0.877. The SMILES string of the molecule is Clc1cccc(Cl)c1.O=C1C(N2CCCC2)CCN1c1ccc(S(=O)Nc2nccs2)cc1. The van der Waals surface area contributed by atoms with Gasteiger partial charge in [0.1, 0.15) is 0 Å². The number of benzene rings is 2. The second-order valence-corrected chi connectivity index (χ2v) is 10.7. The molecule has 2 aliphatic heterocycles. The van der Waals surface area contributed by atoms with E-state index in [4.69, 9.17) is 23.2 Å². The standard InChI is InChI=1S/C17H20N4O2S2.C6H4Cl2/c22-16-15(20-9-1-2-10-20)7-11-21(16)13-3-5-14(6-4-13)25(23)19-17-18-8-12-24-17;7-5-2-1-3-6(8)4-5/h3-6,8,12,15H,1-2,7,9-11H2,(H,18,19);1-4H. The maximum absolute atomic E-state index is 12.7. The summed E-state index contributed by atoms with van der Waals surface area (Å²) < 4.78 is 15.2. The lowest BCUT2D eigenvalue weighted by atomic mass is 10.2. The monoisotopic (exact) mass is 522 g/mol. The van der Waals surface area contributed by atoms with Gasteiger partial charge >= 0.3 is 0 Å². The van der Waals surface area contributed by atoms with Crippen LogP contribution >= 0.6 is 34.5 Å². The number of aromatic nitrogens is 1. The highest BCUT2D eigenvalue weighted by Crippen LogP contribution is 2.27. The molecule has 2 aromatic carbocycles. The van der Waals surface area contributed by atoms with Crippen LogP contribution in [-0.2, 0) is 15.8 Å². The molecule has 5 rings (SSSR count). The van der Waals surface area contributed by atoms with Crippen molar-refractivity contribution in [1.29, 1.82) is 0 Å². The summed E-state index contributed by atoms with van der Waals surface area (Å²) in [5, 5.41) is 3.82. The van der Waals surface area contributed by atoms with Crippen LogP contribution in [0.3, 0.4) is 0 Å². The van der Waals surface area contributed by atoms with Crippen molar-refractivity contribution in [2.45, 2.75) is 30.2 Å². The molecule has 0 bridgehead atoms. The van der Waals surface area contributed by atoms with Gasteiger partial charge in [-0.3, -0.25) is 14.4 Å². The Morgan fingerprint density at radius 1 is 1.03 bits per heavy atom. The van der Waals surface area contributed by atoms with Gasteiger partial charge in [-0.25, -0.2) is 9.19 Å². The molecule has 3 heterocycles. The molecule has 2 atom stereocenters. The van der Waals surface area contributed by atoms with Gasteiger partial charge in [0, 0.05) is 33.9 Å². The summed E-state index contributed by atoms with van der Waals surface area (Å²) in [6.45, 7) is 2.81. The Kier molecular flexibility index (Phi) is 8.38. The van der Waals surface area contributed by atoms with Crippen molar-refractivity contribution in [1.82, 2.24) is 9.88 Å².